The van der Waals surface area contributed by atoms with Crippen molar-refractivity contribution in [2.45, 2.75) is 19.9 Å². The molecule has 0 bridgehead atoms. The number of guanidine groups is 1. The first-order chi connectivity index (χ1) is 12.6. The van der Waals surface area contributed by atoms with Crippen LogP contribution >= 0.6 is 0 Å². The fourth-order valence-corrected chi connectivity index (χ4v) is 3.54. The van der Waals surface area contributed by atoms with E-state index < -0.39 is 0 Å². The van der Waals surface area contributed by atoms with E-state index in [4.69, 9.17) is 0 Å². The number of aliphatic imine (C=N–C) groups is 1. The lowest BCUT2D eigenvalue weighted by atomic mass is 10.00. The number of amides is 2. The van der Waals surface area contributed by atoms with Crippen LogP contribution in [0.25, 0.3) is 0 Å². The van der Waals surface area contributed by atoms with Crippen LogP contribution in [-0.2, 0) is 22.6 Å². The number of carbonyl (C=O) groups is 2. The van der Waals surface area contributed by atoms with Gasteiger partial charge in [0.25, 0.3) is 0 Å². The van der Waals surface area contributed by atoms with Crippen molar-refractivity contribution in [3.8, 4) is 0 Å². The Balaban J connectivity index is 1.50. The van der Waals surface area contributed by atoms with Crippen molar-refractivity contribution >= 4 is 17.8 Å². The number of hydrogen-bond acceptors (Lipinski definition) is 3. The summed E-state index contributed by atoms with van der Waals surface area (Å²) in [4.78, 5) is 34.1. The normalized spacial score (nSPS) is 17.8. The Hall–Kier alpha value is -2.57. The molecule has 7 nitrogen and oxygen atoms in total. The minimum absolute atomic E-state index is 0.0861. The van der Waals surface area contributed by atoms with Crippen molar-refractivity contribution in [3.63, 3.8) is 0 Å². The van der Waals surface area contributed by atoms with Crippen molar-refractivity contribution in [2.24, 2.45) is 4.99 Å². The molecule has 1 fully saturated rings. The van der Waals surface area contributed by atoms with Gasteiger partial charge in [0.2, 0.25) is 11.8 Å². The van der Waals surface area contributed by atoms with E-state index in [2.05, 4.69) is 27.3 Å². The lowest BCUT2D eigenvalue weighted by Crippen LogP contribution is -2.54. The van der Waals surface area contributed by atoms with Gasteiger partial charge in [-0.15, -0.1) is 0 Å². The summed E-state index contributed by atoms with van der Waals surface area (Å²) in [7, 11) is 1.72. The Kier molecular flexibility index (Phi) is 5.75. The molecule has 2 heterocycles. The monoisotopic (exact) mass is 357 g/mol. The van der Waals surface area contributed by atoms with Crippen molar-refractivity contribution in [2.75, 3.05) is 46.3 Å². The van der Waals surface area contributed by atoms with E-state index in [0.29, 0.717) is 19.6 Å². The first-order valence-electron chi connectivity index (χ1n) is 9.14. The molecule has 1 saturated heterocycles. The number of nitrogens with zero attached hydrogens (tertiary/aromatic N) is 4. The van der Waals surface area contributed by atoms with Gasteiger partial charge in [-0.2, -0.15) is 0 Å². The first-order valence-corrected chi connectivity index (χ1v) is 9.14. The summed E-state index contributed by atoms with van der Waals surface area (Å²) in [5.41, 5.74) is 2.57. The zero-order valence-electron chi connectivity index (χ0n) is 15.6. The third-order valence-corrected chi connectivity index (χ3v) is 5.12. The van der Waals surface area contributed by atoms with E-state index in [0.717, 1.165) is 32.0 Å². The van der Waals surface area contributed by atoms with Crippen LogP contribution in [0.15, 0.2) is 29.3 Å². The molecule has 3 rings (SSSR count). The molecular formula is C19H27N5O2. The highest BCUT2D eigenvalue weighted by molar-refractivity contribution is 5.86. The summed E-state index contributed by atoms with van der Waals surface area (Å²) in [6.07, 6.45) is 0.906. The molecule has 0 atom stereocenters. The maximum atomic E-state index is 12.6. The molecule has 0 unspecified atom stereocenters. The van der Waals surface area contributed by atoms with Crippen molar-refractivity contribution in [3.05, 3.63) is 35.4 Å². The summed E-state index contributed by atoms with van der Waals surface area (Å²) >= 11 is 0. The molecule has 1 aromatic carbocycles. The van der Waals surface area contributed by atoms with Crippen LogP contribution < -0.4 is 5.32 Å². The molecule has 0 aliphatic carbocycles. The Labute approximate surface area is 154 Å². The van der Waals surface area contributed by atoms with Crippen LogP contribution in [0.1, 0.15) is 18.1 Å². The SMILES string of the molecule is CN=C(NCC(=O)N1CCc2ccccc2C1)N1CCN(C(C)=O)CC1. The van der Waals surface area contributed by atoms with Crippen molar-refractivity contribution in [1.29, 1.82) is 0 Å². The summed E-state index contributed by atoms with van der Waals surface area (Å²) in [5.74, 6) is 0.912. The zero-order chi connectivity index (χ0) is 18.5. The molecule has 0 aromatic heterocycles. The second-order valence-electron chi connectivity index (χ2n) is 6.73. The quantitative estimate of drug-likeness (QED) is 0.611. The molecular weight excluding hydrogens is 330 g/mol. The predicted molar refractivity (Wildman–Crippen MR) is 101 cm³/mol. The Morgan fingerprint density at radius 1 is 1.00 bits per heavy atom. The summed E-state index contributed by atoms with van der Waals surface area (Å²) < 4.78 is 0. The van der Waals surface area contributed by atoms with Crippen molar-refractivity contribution < 1.29 is 9.59 Å². The van der Waals surface area contributed by atoms with Gasteiger partial charge >= 0.3 is 0 Å². The van der Waals surface area contributed by atoms with E-state index in [1.165, 1.54) is 11.1 Å². The largest absolute Gasteiger partial charge is 0.347 e. The van der Waals surface area contributed by atoms with Gasteiger partial charge in [0.1, 0.15) is 0 Å². The van der Waals surface area contributed by atoms with Gasteiger partial charge in [0.15, 0.2) is 5.96 Å². The maximum Gasteiger partial charge on any atom is 0.242 e. The second-order valence-corrected chi connectivity index (χ2v) is 6.73. The molecule has 2 amide bonds. The highest BCUT2D eigenvalue weighted by Gasteiger charge is 2.23. The van der Waals surface area contributed by atoms with Gasteiger partial charge in [-0.3, -0.25) is 14.6 Å². The number of fused-ring (bicyclic) bond motifs is 1. The third kappa shape index (κ3) is 4.15. The fraction of sp³-hybridized carbons (Fsp3) is 0.526. The molecule has 0 spiro atoms. The molecule has 0 radical (unpaired) electrons. The van der Waals surface area contributed by atoms with Crippen LogP contribution in [0.3, 0.4) is 0 Å². The van der Waals surface area contributed by atoms with E-state index in [1.807, 2.05) is 21.9 Å². The van der Waals surface area contributed by atoms with E-state index in [-0.39, 0.29) is 18.4 Å². The highest BCUT2D eigenvalue weighted by atomic mass is 16.2. The van der Waals surface area contributed by atoms with Crippen molar-refractivity contribution in [1.82, 2.24) is 20.0 Å². The van der Waals surface area contributed by atoms with Gasteiger partial charge in [-0.1, -0.05) is 24.3 Å². The topological polar surface area (TPSA) is 68.2 Å². The number of piperazine rings is 1. The van der Waals surface area contributed by atoms with Crippen LogP contribution in [0.4, 0.5) is 0 Å². The Bertz CT molecular complexity index is 695. The van der Waals surface area contributed by atoms with E-state index >= 15 is 0 Å². The van der Waals surface area contributed by atoms with E-state index in [9.17, 15) is 9.59 Å². The molecule has 26 heavy (non-hydrogen) atoms. The average Bonchev–Trinajstić information content (AvgIpc) is 2.68. The minimum Gasteiger partial charge on any atom is -0.347 e. The molecule has 2 aliphatic rings. The lowest BCUT2D eigenvalue weighted by molar-refractivity contribution is -0.131. The minimum atomic E-state index is 0.0861. The summed E-state index contributed by atoms with van der Waals surface area (Å²) in [6, 6.07) is 8.30. The van der Waals surface area contributed by atoms with Gasteiger partial charge in [-0.25, -0.2) is 0 Å². The standard InChI is InChI=1S/C19H27N5O2/c1-15(25)22-9-11-23(12-10-22)19(20-2)21-13-18(26)24-8-7-16-5-3-4-6-17(16)14-24/h3-6H,7-14H2,1-2H3,(H,20,21). The van der Waals surface area contributed by atoms with Crippen LogP contribution in [0.5, 0.6) is 0 Å². The van der Waals surface area contributed by atoms with Gasteiger partial charge in [-0.05, 0) is 17.5 Å². The highest BCUT2D eigenvalue weighted by Crippen LogP contribution is 2.18. The maximum absolute atomic E-state index is 12.6. The Morgan fingerprint density at radius 2 is 1.65 bits per heavy atom. The lowest BCUT2D eigenvalue weighted by Gasteiger charge is -2.36. The zero-order valence-corrected chi connectivity index (χ0v) is 15.6. The third-order valence-electron chi connectivity index (χ3n) is 5.12. The number of rotatable bonds is 2. The molecule has 0 saturated carbocycles. The number of benzene rings is 1. The van der Waals surface area contributed by atoms with E-state index in [1.54, 1.807) is 14.0 Å². The molecule has 140 valence electrons. The first kappa shape index (κ1) is 18.2. The van der Waals surface area contributed by atoms with Crippen LogP contribution in [-0.4, -0.2) is 78.8 Å². The molecule has 1 aromatic rings. The number of hydrogen-bond donors (Lipinski definition) is 1. The summed E-state index contributed by atoms with van der Waals surface area (Å²) in [5, 5.41) is 3.19. The molecule has 7 heteroatoms. The average molecular weight is 357 g/mol. The molecule has 1 N–H and O–H groups in total. The number of carbonyl (C=O) groups excluding carboxylic acids is 2. The molecule has 2 aliphatic heterocycles. The van der Waals surface area contributed by atoms with Gasteiger partial charge in [0.05, 0.1) is 6.54 Å². The van der Waals surface area contributed by atoms with Gasteiger partial charge < -0.3 is 20.0 Å². The van der Waals surface area contributed by atoms with Gasteiger partial charge in [0, 0.05) is 53.2 Å². The van der Waals surface area contributed by atoms with Crippen LogP contribution in [0, 0.1) is 0 Å². The second kappa shape index (κ2) is 8.21. The predicted octanol–water partition coefficient (Wildman–Crippen LogP) is 0.311. The smallest absolute Gasteiger partial charge is 0.242 e. The Morgan fingerprint density at radius 3 is 2.31 bits per heavy atom. The fourth-order valence-electron chi connectivity index (χ4n) is 3.54. The summed E-state index contributed by atoms with van der Waals surface area (Å²) in [6.45, 7) is 6.09. The van der Waals surface area contributed by atoms with Crippen LogP contribution in [0.2, 0.25) is 0 Å². The number of nitrogens with one attached hydrogen (secondary N) is 1.